The fourth-order valence-corrected chi connectivity index (χ4v) is 2.91. The van der Waals surface area contributed by atoms with Crippen LogP contribution in [0.25, 0.3) is 0 Å². The maximum absolute atomic E-state index is 14.1. The molecule has 0 spiro atoms. The first kappa shape index (κ1) is 14.5. The minimum absolute atomic E-state index is 0.00515. The number of rotatable bonds is 4. The SMILES string of the molecule is CC(C)(C)NCC(F)CC1CCCc2ccccc21. The van der Waals surface area contributed by atoms with Gasteiger partial charge in [0, 0.05) is 12.1 Å². The van der Waals surface area contributed by atoms with Crippen LogP contribution in [0.3, 0.4) is 0 Å². The van der Waals surface area contributed by atoms with E-state index in [1.807, 2.05) is 0 Å². The number of hydrogen-bond donors (Lipinski definition) is 1. The molecule has 0 radical (unpaired) electrons. The standard InChI is InChI=1S/C17H26FN/c1-17(2,3)19-12-15(18)11-14-9-6-8-13-7-4-5-10-16(13)14/h4-5,7,10,14-15,19H,6,8-9,11-12H2,1-3H3. The summed E-state index contributed by atoms with van der Waals surface area (Å²) in [5, 5.41) is 3.26. The van der Waals surface area contributed by atoms with Gasteiger partial charge in [-0.3, -0.25) is 0 Å². The van der Waals surface area contributed by atoms with Crippen molar-refractivity contribution in [3.05, 3.63) is 35.4 Å². The van der Waals surface area contributed by atoms with Crippen molar-refractivity contribution in [2.45, 2.75) is 64.1 Å². The summed E-state index contributed by atoms with van der Waals surface area (Å²) in [4.78, 5) is 0. The Morgan fingerprint density at radius 2 is 2.05 bits per heavy atom. The molecule has 1 N–H and O–H groups in total. The maximum Gasteiger partial charge on any atom is 0.113 e. The molecule has 2 unspecified atom stereocenters. The normalized spacial score (nSPS) is 20.9. The lowest BCUT2D eigenvalue weighted by Gasteiger charge is -2.28. The summed E-state index contributed by atoms with van der Waals surface area (Å²) in [6.07, 6.45) is 3.38. The Morgan fingerprint density at radius 3 is 2.79 bits per heavy atom. The van der Waals surface area contributed by atoms with Crippen molar-refractivity contribution in [2.24, 2.45) is 0 Å². The van der Waals surface area contributed by atoms with Gasteiger partial charge in [-0.25, -0.2) is 4.39 Å². The van der Waals surface area contributed by atoms with E-state index in [9.17, 15) is 4.39 Å². The van der Waals surface area contributed by atoms with Gasteiger partial charge in [0.15, 0.2) is 0 Å². The second kappa shape index (κ2) is 6.04. The molecule has 0 saturated carbocycles. The van der Waals surface area contributed by atoms with Crippen molar-refractivity contribution in [1.82, 2.24) is 5.32 Å². The molecule has 1 aliphatic carbocycles. The first-order chi connectivity index (χ1) is 8.96. The molecule has 2 heteroatoms. The molecule has 0 fully saturated rings. The van der Waals surface area contributed by atoms with Gasteiger partial charge in [-0.2, -0.15) is 0 Å². The molecule has 2 atom stereocenters. The Balaban J connectivity index is 1.93. The maximum atomic E-state index is 14.1. The second-order valence-corrected chi connectivity index (χ2v) is 6.75. The summed E-state index contributed by atoms with van der Waals surface area (Å²) in [7, 11) is 0. The van der Waals surface area contributed by atoms with Crippen LogP contribution in [0.2, 0.25) is 0 Å². The van der Waals surface area contributed by atoms with E-state index in [0.717, 1.165) is 12.8 Å². The molecule has 0 aromatic heterocycles. The second-order valence-electron chi connectivity index (χ2n) is 6.75. The van der Waals surface area contributed by atoms with Crippen LogP contribution in [0.15, 0.2) is 24.3 Å². The van der Waals surface area contributed by atoms with Crippen LogP contribution >= 0.6 is 0 Å². The van der Waals surface area contributed by atoms with Gasteiger partial charge in [0.25, 0.3) is 0 Å². The predicted molar refractivity (Wildman–Crippen MR) is 79.4 cm³/mol. The van der Waals surface area contributed by atoms with Gasteiger partial charge >= 0.3 is 0 Å². The fourth-order valence-electron chi connectivity index (χ4n) is 2.91. The number of benzene rings is 1. The molecule has 0 aliphatic heterocycles. The summed E-state index contributed by atoms with van der Waals surface area (Å²) >= 11 is 0. The number of aryl methyl sites for hydroxylation is 1. The van der Waals surface area contributed by atoms with Crippen molar-refractivity contribution in [2.75, 3.05) is 6.54 Å². The average Bonchev–Trinajstić information content (AvgIpc) is 2.36. The average molecular weight is 263 g/mol. The van der Waals surface area contributed by atoms with E-state index in [2.05, 4.69) is 50.4 Å². The largest absolute Gasteiger partial charge is 0.309 e. The topological polar surface area (TPSA) is 12.0 Å². The molecule has 0 heterocycles. The van der Waals surface area contributed by atoms with E-state index in [4.69, 9.17) is 0 Å². The molecule has 0 saturated heterocycles. The zero-order valence-corrected chi connectivity index (χ0v) is 12.4. The van der Waals surface area contributed by atoms with Gasteiger partial charge in [0.05, 0.1) is 0 Å². The molecular weight excluding hydrogens is 237 g/mol. The highest BCUT2D eigenvalue weighted by Gasteiger charge is 2.23. The molecule has 1 aromatic rings. The molecule has 2 rings (SSSR count). The van der Waals surface area contributed by atoms with Gasteiger partial charge in [-0.15, -0.1) is 0 Å². The summed E-state index contributed by atoms with van der Waals surface area (Å²) in [6.45, 7) is 6.70. The number of fused-ring (bicyclic) bond motifs is 1. The Morgan fingerprint density at radius 1 is 1.32 bits per heavy atom. The van der Waals surface area contributed by atoms with Crippen LogP contribution in [0, 0.1) is 0 Å². The molecule has 0 bridgehead atoms. The summed E-state index contributed by atoms with van der Waals surface area (Å²) in [5.74, 6) is 0.404. The lowest BCUT2D eigenvalue weighted by atomic mass is 9.80. The molecule has 19 heavy (non-hydrogen) atoms. The van der Waals surface area contributed by atoms with Crippen LogP contribution < -0.4 is 5.32 Å². The van der Waals surface area contributed by atoms with Crippen molar-refractivity contribution >= 4 is 0 Å². The predicted octanol–water partition coefficient (Wildman–Crippen LogP) is 4.22. The molecule has 106 valence electrons. The number of halogens is 1. The van der Waals surface area contributed by atoms with E-state index in [1.165, 1.54) is 17.5 Å². The zero-order valence-electron chi connectivity index (χ0n) is 12.4. The van der Waals surface area contributed by atoms with E-state index in [0.29, 0.717) is 18.9 Å². The van der Waals surface area contributed by atoms with E-state index >= 15 is 0 Å². The minimum atomic E-state index is -0.754. The first-order valence-electron chi connectivity index (χ1n) is 7.42. The minimum Gasteiger partial charge on any atom is -0.309 e. The monoisotopic (exact) mass is 263 g/mol. The van der Waals surface area contributed by atoms with Gasteiger partial charge in [-0.1, -0.05) is 24.3 Å². The van der Waals surface area contributed by atoms with E-state index in [1.54, 1.807) is 0 Å². The number of alkyl halides is 1. The fraction of sp³-hybridized carbons (Fsp3) is 0.647. The van der Waals surface area contributed by atoms with Crippen LogP contribution in [0.1, 0.15) is 57.1 Å². The van der Waals surface area contributed by atoms with Gasteiger partial charge in [0.1, 0.15) is 6.17 Å². The Hall–Kier alpha value is -0.890. The zero-order chi connectivity index (χ0) is 13.9. The number of nitrogens with one attached hydrogen (secondary N) is 1. The number of hydrogen-bond acceptors (Lipinski definition) is 1. The third-order valence-electron chi connectivity index (χ3n) is 3.89. The van der Waals surface area contributed by atoms with Crippen LogP contribution in [-0.4, -0.2) is 18.3 Å². The highest BCUT2D eigenvalue weighted by Crippen LogP contribution is 2.35. The molecule has 0 amide bonds. The Kier molecular flexibility index (Phi) is 4.62. The molecule has 1 nitrogen and oxygen atoms in total. The van der Waals surface area contributed by atoms with Gasteiger partial charge in [-0.05, 0) is 63.5 Å². The van der Waals surface area contributed by atoms with Crippen molar-refractivity contribution in [1.29, 1.82) is 0 Å². The van der Waals surface area contributed by atoms with E-state index in [-0.39, 0.29) is 5.54 Å². The van der Waals surface area contributed by atoms with Crippen molar-refractivity contribution < 1.29 is 4.39 Å². The lowest BCUT2D eigenvalue weighted by Crippen LogP contribution is -2.40. The third-order valence-corrected chi connectivity index (χ3v) is 3.89. The highest BCUT2D eigenvalue weighted by atomic mass is 19.1. The van der Waals surface area contributed by atoms with E-state index < -0.39 is 6.17 Å². The summed E-state index contributed by atoms with van der Waals surface area (Å²) in [5.41, 5.74) is 2.80. The first-order valence-corrected chi connectivity index (χ1v) is 7.42. The molecule has 1 aromatic carbocycles. The quantitative estimate of drug-likeness (QED) is 0.857. The Labute approximate surface area is 116 Å². The summed E-state index contributed by atoms with van der Waals surface area (Å²) in [6, 6.07) is 8.55. The lowest BCUT2D eigenvalue weighted by molar-refractivity contribution is 0.252. The van der Waals surface area contributed by atoms with Crippen LogP contribution in [0.4, 0.5) is 4.39 Å². The van der Waals surface area contributed by atoms with Crippen LogP contribution in [-0.2, 0) is 6.42 Å². The molecular formula is C17H26FN. The smallest absolute Gasteiger partial charge is 0.113 e. The highest BCUT2D eigenvalue weighted by molar-refractivity contribution is 5.32. The Bertz CT molecular complexity index is 408. The summed E-state index contributed by atoms with van der Waals surface area (Å²) < 4.78 is 14.1. The van der Waals surface area contributed by atoms with Gasteiger partial charge in [0.2, 0.25) is 0 Å². The van der Waals surface area contributed by atoms with Crippen LogP contribution in [0.5, 0.6) is 0 Å². The van der Waals surface area contributed by atoms with Crippen molar-refractivity contribution in [3.8, 4) is 0 Å². The van der Waals surface area contributed by atoms with Crippen molar-refractivity contribution in [3.63, 3.8) is 0 Å². The van der Waals surface area contributed by atoms with Gasteiger partial charge < -0.3 is 5.32 Å². The third kappa shape index (κ3) is 4.31. The molecule has 1 aliphatic rings.